The molecule has 1 aromatic heterocycles. The van der Waals surface area contributed by atoms with Gasteiger partial charge in [-0.1, -0.05) is 12.1 Å². The average Bonchev–Trinajstić information content (AvgIpc) is 2.92. The first-order valence-corrected chi connectivity index (χ1v) is 6.81. The molecule has 1 atom stereocenters. The fraction of sp³-hybridized carbons (Fsp3) is 0.143. The van der Waals surface area contributed by atoms with Crippen LogP contribution in [0.1, 0.15) is 26.8 Å². The molecule has 5 nitrogen and oxygen atoms in total. The molecule has 104 valence electrons. The highest BCUT2D eigenvalue weighted by Crippen LogP contribution is 2.21. The molecule has 1 unspecified atom stereocenters. The number of nitrogens with one attached hydrogen (secondary N) is 1. The Bertz CT molecular complexity index is 638. The third-order valence-electron chi connectivity index (χ3n) is 2.97. The number of thiophene rings is 1. The molecular formula is C14H14N2O3S. The molecule has 1 aromatic carbocycles. The Morgan fingerprint density at radius 2 is 2.05 bits per heavy atom. The number of carboxylic acids is 1. The number of aliphatic carboxylic acids is 1. The summed E-state index contributed by atoms with van der Waals surface area (Å²) in [7, 11) is 0. The SMILES string of the molecule is Cc1c(N)cccc1C(=O)NC(C(=O)O)c1cccs1. The van der Waals surface area contributed by atoms with Crippen molar-refractivity contribution in [1.82, 2.24) is 5.32 Å². The van der Waals surface area contributed by atoms with Crippen molar-refractivity contribution < 1.29 is 14.7 Å². The van der Waals surface area contributed by atoms with E-state index in [0.717, 1.165) is 0 Å². The van der Waals surface area contributed by atoms with Gasteiger partial charge in [0.05, 0.1) is 0 Å². The molecule has 0 spiro atoms. The Balaban J connectivity index is 2.25. The van der Waals surface area contributed by atoms with Crippen molar-refractivity contribution in [3.63, 3.8) is 0 Å². The molecule has 1 amide bonds. The Morgan fingerprint density at radius 1 is 1.30 bits per heavy atom. The molecule has 0 bridgehead atoms. The van der Waals surface area contributed by atoms with Gasteiger partial charge in [-0.25, -0.2) is 4.79 Å². The highest BCUT2D eigenvalue weighted by molar-refractivity contribution is 7.10. The number of carboxylic acid groups (broad SMARTS) is 1. The summed E-state index contributed by atoms with van der Waals surface area (Å²) in [6, 6.07) is 7.35. The Labute approximate surface area is 120 Å². The van der Waals surface area contributed by atoms with Crippen LogP contribution in [-0.2, 0) is 4.79 Å². The summed E-state index contributed by atoms with van der Waals surface area (Å²) >= 11 is 1.28. The van der Waals surface area contributed by atoms with Gasteiger partial charge in [-0.3, -0.25) is 4.79 Å². The standard InChI is InChI=1S/C14H14N2O3S/c1-8-9(4-2-5-10(8)15)13(17)16-12(14(18)19)11-6-3-7-20-11/h2-7,12H,15H2,1H3,(H,16,17)(H,18,19). The fourth-order valence-corrected chi connectivity index (χ4v) is 2.59. The van der Waals surface area contributed by atoms with Gasteiger partial charge in [-0.15, -0.1) is 11.3 Å². The van der Waals surface area contributed by atoms with Gasteiger partial charge in [0.1, 0.15) is 0 Å². The minimum absolute atomic E-state index is 0.382. The topological polar surface area (TPSA) is 92.4 Å². The zero-order chi connectivity index (χ0) is 14.7. The van der Waals surface area contributed by atoms with Crippen molar-refractivity contribution in [2.75, 3.05) is 5.73 Å². The lowest BCUT2D eigenvalue weighted by Gasteiger charge is -2.14. The van der Waals surface area contributed by atoms with Crippen LogP contribution in [0.4, 0.5) is 5.69 Å². The summed E-state index contributed by atoms with van der Waals surface area (Å²) in [6.45, 7) is 1.73. The van der Waals surface area contributed by atoms with Crippen LogP contribution >= 0.6 is 11.3 Å². The number of nitrogen functional groups attached to an aromatic ring is 1. The van der Waals surface area contributed by atoms with Crippen LogP contribution in [0, 0.1) is 6.92 Å². The van der Waals surface area contributed by atoms with E-state index in [9.17, 15) is 14.7 Å². The lowest BCUT2D eigenvalue weighted by molar-refractivity contribution is -0.139. The van der Waals surface area contributed by atoms with E-state index in [2.05, 4.69) is 5.32 Å². The van der Waals surface area contributed by atoms with Gasteiger partial charge < -0.3 is 16.2 Å². The molecule has 2 aromatic rings. The van der Waals surface area contributed by atoms with Gasteiger partial charge in [0, 0.05) is 16.1 Å². The van der Waals surface area contributed by atoms with Crippen LogP contribution in [0.2, 0.25) is 0 Å². The van der Waals surface area contributed by atoms with Gasteiger partial charge in [0.25, 0.3) is 5.91 Å². The zero-order valence-corrected chi connectivity index (χ0v) is 11.6. The molecule has 2 rings (SSSR count). The molecule has 0 aliphatic rings. The number of nitrogens with two attached hydrogens (primary N) is 1. The Kier molecular flexibility index (Phi) is 4.05. The van der Waals surface area contributed by atoms with E-state index < -0.39 is 17.9 Å². The molecule has 20 heavy (non-hydrogen) atoms. The summed E-state index contributed by atoms with van der Waals surface area (Å²) < 4.78 is 0. The highest BCUT2D eigenvalue weighted by atomic mass is 32.1. The van der Waals surface area contributed by atoms with Crippen LogP contribution in [-0.4, -0.2) is 17.0 Å². The van der Waals surface area contributed by atoms with Crippen LogP contribution < -0.4 is 11.1 Å². The Morgan fingerprint density at radius 3 is 2.65 bits per heavy atom. The van der Waals surface area contributed by atoms with E-state index in [0.29, 0.717) is 21.7 Å². The van der Waals surface area contributed by atoms with E-state index in [1.165, 1.54) is 11.3 Å². The van der Waals surface area contributed by atoms with E-state index >= 15 is 0 Å². The fourth-order valence-electron chi connectivity index (χ4n) is 1.82. The van der Waals surface area contributed by atoms with Crippen molar-refractivity contribution >= 4 is 28.9 Å². The second kappa shape index (κ2) is 5.75. The maximum atomic E-state index is 12.2. The van der Waals surface area contributed by atoms with E-state index in [1.807, 2.05) is 0 Å². The molecule has 0 radical (unpaired) electrons. The maximum absolute atomic E-state index is 12.2. The lowest BCUT2D eigenvalue weighted by atomic mass is 10.1. The minimum atomic E-state index is -1.10. The number of hydrogen-bond acceptors (Lipinski definition) is 4. The second-order valence-electron chi connectivity index (χ2n) is 4.28. The molecule has 0 fully saturated rings. The predicted octanol–water partition coefficient (Wildman–Crippen LogP) is 2.19. The first-order chi connectivity index (χ1) is 9.50. The summed E-state index contributed by atoms with van der Waals surface area (Å²) in [5, 5.41) is 13.5. The van der Waals surface area contributed by atoms with Gasteiger partial charge in [-0.2, -0.15) is 0 Å². The number of hydrogen-bond donors (Lipinski definition) is 3. The van der Waals surface area contributed by atoms with Crippen LogP contribution in [0.3, 0.4) is 0 Å². The van der Waals surface area contributed by atoms with Crippen molar-refractivity contribution in [3.05, 3.63) is 51.7 Å². The zero-order valence-electron chi connectivity index (χ0n) is 10.8. The molecule has 1 heterocycles. The van der Waals surface area contributed by atoms with E-state index in [-0.39, 0.29) is 0 Å². The van der Waals surface area contributed by atoms with Crippen LogP contribution in [0.25, 0.3) is 0 Å². The van der Waals surface area contributed by atoms with Crippen molar-refractivity contribution in [1.29, 1.82) is 0 Å². The number of carbonyl (C=O) groups is 2. The van der Waals surface area contributed by atoms with E-state index in [1.54, 1.807) is 42.6 Å². The molecule has 0 aliphatic heterocycles. The summed E-state index contributed by atoms with van der Waals surface area (Å²) in [5.74, 6) is -1.54. The van der Waals surface area contributed by atoms with E-state index in [4.69, 9.17) is 5.73 Å². The number of amides is 1. The van der Waals surface area contributed by atoms with Crippen molar-refractivity contribution in [2.24, 2.45) is 0 Å². The quantitative estimate of drug-likeness (QED) is 0.753. The minimum Gasteiger partial charge on any atom is -0.479 e. The third-order valence-corrected chi connectivity index (χ3v) is 3.91. The molecule has 0 aliphatic carbocycles. The van der Waals surface area contributed by atoms with Gasteiger partial charge in [0.2, 0.25) is 0 Å². The van der Waals surface area contributed by atoms with Crippen molar-refractivity contribution in [2.45, 2.75) is 13.0 Å². The smallest absolute Gasteiger partial charge is 0.331 e. The molecule has 0 saturated carbocycles. The number of benzene rings is 1. The van der Waals surface area contributed by atoms with Gasteiger partial charge >= 0.3 is 5.97 Å². The first-order valence-electron chi connectivity index (χ1n) is 5.93. The lowest BCUT2D eigenvalue weighted by Crippen LogP contribution is -2.33. The normalized spacial score (nSPS) is 11.8. The number of anilines is 1. The predicted molar refractivity (Wildman–Crippen MR) is 77.8 cm³/mol. The highest BCUT2D eigenvalue weighted by Gasteiger charge is 2.24. The summed E-state index contributed by atoms with van der Waals surface area (Å²) in [5.41, 5.74) is 7.27. The van der Waals surface area contributed by atoms with Gasteiger partial charge in [-0.05, 0) is 36.1 Å². The van der Waals surface area contributed by atoms with Gasteiger partial charge in [0.15, 0.2) is 6.04 Å². The monoisotopic (exact) mass is 290 g/mol. The third kappa shape index (κ3) is 2.80. The van der Waals surface area contributed by atoms with Crippen molar-refractivity contribution in [3.8, 4) is 0 Å². The second-order valence-corrected chi connectivity index (χ2v) is 5.26. The molecular weight excluding hydrogens is 276 g/mol. The summed E-state index contributed by atoms with van der Waals surface area (Å²) in [6.07, 6.45) is 0. The van der Waals surface area contributed by atoms with Crippen LogP contribution in [0.15, 0.2) is 35.7 Å². The average molecular weight is 290 g/mol. The molecule has 0 saturated heterocycles. The first kappa shape index (κ1) is 14.1. The summed E-state index contributed by atoms with van der Waals surface area (Å²) in [4.78, 5) is 24.1. The largest absolute Gasteiger partial charge is 0.479 e. The maximum Gasteiger partial charge on any atom is 0.331 e. The molecule has 4 N–H and O–H groups in total. The number of rotatable bonds is 4. The van der Waals surface area contributed by atoms with Crippen LogP contribution in [0.5, 0.6) is 0 Å². The Hall–Kier alpha value is -2.34. The number of carbonyl (C=O) groups excluding carboxylic acids is 1. The molecule has 6 heteroatoms.